The number of hydrogen-bond donors (Lipinski definition) is 3. The number of carbonyl (C=O) groups excluding carboxylic acids is 1. The number of rotatable bonds is 5. The molecule has 6 nitrogen and oxygen atoms in total. The van der Waals surface area contributed by atoms with E-state index in [-0.39, 0.29) is 12.1 Å². The van der Waals surface area contributed by atoms with Gasteiger partial charge in [-0.3, -0.25) is 5.32 Å². The van der Waals surface area contributed by atoms with Crippen molar-refractivity contribution in [2.75, 3.05) is 10.6 Å². The van der Waals surface area contributed by atoms with Crippen LogP contribution in [-0.2, 0) is 6.54 Å². The smallest absolute Gasteiger partial charge is 0.320 e. The van der Waals surface area contributed by atoms with Gasteiger partial charge in [-0.2, -0.15) is 0 Å². The fraction of sp³-hybridized carbons (Fsp3) is 0.389. The molecule has 1 aromatic carbocycles. The second-order valence-electron chi connectivity index (χ2n) is 6.08. The first-order valence-electron chi connectivity index (χ1n) is 8.48. The van der Waals surface area contributed by atoms with Crippen LogP contribution in [0.25, 0.3) is 0 Å². The summed E-state index contributed by atoms with van der Waals surface area (Å²) in [6, 6.07) is 13.7. The van der Waals surface area contributed by atoms with E-state index in [1.165, 1.54) is 24.8 Å². The zero-order valence-corrected chi connectivity index (χ0v) is 13.7. The van der Waals surface area contributed by atoms with Crippen LogP contribution in [0.4, 0.5) is 16.4 Å². The summed E-state index contributed by atoms with van der Waals surface area (Å²) < 4.78 is 0. The van der Waals surface area contributed by atoms with E-state index in [0.29, 0.717) is 18.2 Å². The molecule has 1 heterocycles. The maximum absolute atomic E-state index is 12.0. The molecule has 2 aromatic rings. The lowest BCUT2D eigenvalue weighted by Crippen LogP contribution is -2.39. The summed E-state index contributed by atoms with van der Waals surface area (Å²) in [5, 5.41) is 17.1. The number of aromatic nitrogens is 2. The van der Waals surface area contributed by atoms with Crippen LogP contribution < -0.4 is 16.0 Å². The van der Waals surface area contributed by atoms with Gasteiger partial charge in [0.2, 0.25) is 0 Å². The van der Waals surface area contributed by atoms with E-state index < -0.39 is 0 Å². The van der Waals surface area contributed by atoms with Gasteiger partial charge in [0.1, 0.15) is 5.82 Å². The van der Waals surface area contributed by atoms with Crippen LogP contribution in [0.15, 0.2) is 42.5 Å². The van der Waals surface area contributed by atoms with Crippen molar-refractivity contribution in [2.24, 2.45) is 0 Å². The van der Waals surface area contributed by atoms with Crippen molar-refractivity contribution in [3.8, 4) is 0 Å². The van der Waals surface area contributed by atoms with Crippen molar-refractivity contribution < 1.29 is 4.79 Å². The first-order chi connectivity index (χ1) is 11.8. The van der Waals surface area contributed by atoms with Gasteiger partial charge in [0, 0.05) is 12.6 Å². The van der Waals surface area contributed by atoms with Gasteiger partial charge in [0.05, 0.1) is 0 Å². The Labute approximate surface area is 142 Å². The quantitative estimate of drug-likeness (QED) is 0.785. The van der Waals surface area contributed by atoms with Gasteiger partial charge in [-0.05, 0) is 30.5 Å². The van der Waals surface area contributed by atoms with Crippen LogP contribution in [0.3, 0.4) is 0 Å². The van der Waals surface area contributed by atoms with Gasteiger partial charge in [0.15, 0.2) is 5.82 Å². The number of anilines is 2. The minimum atomic E-state index is -0.207. The lowest BCUT2D eigenvalue weighted by atomic mass is 9.96. The fourth-order valence-corrected chi connectivity index (χ4v) is 2.87. The fourth-order valence-electron chi connectivity index (χ4n) is 2.87. The third kappa shape index (κ3) is 4.94. The molecular formula is C18H23N5O. The topological polar surface area (TPSA) is 78.9 Å². The molecule has 0 spiro atoms. The summed E-state index contributed by atoms with van der Waals surface area (Å²) in [7, 11) is 0. The highest BCUT2D eigenvalue weighted by molar-refractivity contribution is 5.88. The average molecular weight is 325 g/mol. The number of nitrogens with zero attached hydrogens (tertiary/aromatic N) is 2. The van der Waals surface area contributed by atoms with Gasteiger partial charge in [-0.1, -0.05) is 49.6 Å². The first-order valence-corrected chi connectivity index (χ1v) is 8.48. The van der Waals surface area contributed by atoms with Crippen LogP contribution in [0.2, 0.25) is 0 Å². The Balaban J connectivity index is 1.46. The van der Waals surface area contributed by atoms with E-state index in [9.17, 15) is 4.79 Å². The largest absolute Gasteiger partial charge is 0.365 e. The maximum Gasteiger partial charge on any atom is 0.320 e. The van der Waals surface area contributed by atoms with Crippen LogP contribution >= 0.6 is 0 Å². The SMILES string of the molecule is O=C(Nc1ccc(NCc2ccccc2)nn1)NC1CCCCC1. The normalized spacial score (nSPS) is 14.8. The molecule has 2 amide bonds. The van der Waals surface area contributed by atoms with Crippen LogP contribution in [0.1, 0.15) is 37.7 Å². The molecule has 1 aromatic heterocycles. The van der Waals surface area contributed by atoms with Gasteiger partial charge in [0.25, 0.3) is 0 Å². The summed E-state index contributed by atoms with van der Waals surface area (Å²) >= 11 is 0. The highest BCUT2D eigenvalue weighted by Gasteiger charge is 2.15. The number of hydrogen-bond acceptors (Lipinski definition) is 4. The Kier molecular flexibility index (Phi) is 5.61. The van der Waals surface area contributed by atoms with Gasteiger partial charge in [-0.25, -0.2) is 4.79 Å². The highest BCUT2D eigenvalue weighted by atomic mass is 16.2. The molecule has 6 heteroatoms. The molecule has 1 saturated carbocycles. The highest BCUT2D eigenvalue weighted by Crippen LogP contribution is 2.17. The second kappa shape index (κ2) is 8.29. The Hall–Kier alpha value is -2.63. The molecule has 0 saturated heterocycles. The van der Waals surface area contributed by atoms with Crippen molar-refractivity contribution in [1.82, 2.24) is 15.5 Å². The predicted octanol–water partition coefficient (Wildman–Crippen LogP) is 3.54. The minimum Gasteiger partial charge on any atom is -0.365 e. The number of amides is 2. The standard InChI is InChI=1S/C18H23N5O/c24-18(20-15-9-5-2-6-10-15)21-17-12-11-16(22-23-17)19-13-14-7-3-1-4-8-14/h1,3-4,7-8,11-12,15H,2,5-6,9-10,13H2,(H,19,22)(H2,20,21,23,24). The van der Waals surface area contributed by atoms with Crippen LogP contribution in [-0.4, -0.2) is 22.3 Å². The van der Waals surface area contributed by atoms with E-state index in [1.54, 1.807) is 6.07 Å². The molecule has 0 unspecified atom stereocenters. The third-order valence-corrected chi connectivity index (χ3v) is 4.16. The van der Waals surface area contributed by atoms with Crippen molar-refractivity contribution in [3.63, 3.8) is 0 Å². The molecular weight excluding hydrogens is 302 g/mol. The molecule has 0 radical (unpaired) electrons. The zero-order chi connectivity index (χ0) is 16.6. The molecule has 3 N–H and O–H groups in total. The summed E-state index contributed by atoms with van der Waals surface area (Å²) in [6.45, 7) is 0.685. The van der Waals surface area contributed by atoms with E-state index in [4.69, 9.17) is 0 Å². The molecule has 1 fully saturated rings. The third-order valence-electron chi connectivity index (χ3n) is 4.16. The van der Waals surface area contributed by atoms with Gasteiger partial charge < -0.3 is 10.6 Å². The number of urea groups is 1. The first kappa shape index (κ1) is 16.2. The van der Waals surface area contributed by atoms with Crippen molar-refractivity contribution in [3.05, 3.63) is 48.0 Å². The minimum absolute atomic E-state index is 0.207. The predicted molar refractivity (Wildman–Crippen MR) is 94.8 cm³/mol. The molecule has 1 aliphatic rings. The summed E-state index contributed by atoms with van der Waals surface area (Å²) in [5.41, 5.74) is 1.17. The summed E-state index contributed by atoms with van der Waals surface area (Å²) in [4.78, 5) is 12.0. The average Bonchev–Trinajstić information content (AvgIpc) is 2.63. The number of benzene rings is 1. The molecule has 0 aliphatic heterocycles. The second-order valence-corrected chi connectivity index (χ2v) is 6.08. The Morgan fingerprint density at radius 1 is 0.958 bits per heavy atom. The summed E-state index contributed by atoms with van der Waals surface area (Å²) in [6.07, 6.45) is 5.75. The number of nitrogens with one attached hydrogen (secondary N) is 3. The van der Waals surface area contributed by atoms with Crippen molar-refractivity contribution >= 4 is 17.7 Å². The molecule has 0 atom stereocenters. The van der Waals surface area contributed by atoms with Crippen LogP contribution in [0, 0.1) is 0 Å². The molecule has 1 aliphatic carbocycles. The number of carbonyl (C=O) groups is 1. The summed E-state index contributed by atoms with van der Waals surface area (Å²) in [5.74, 6) is 1.13. The zero-order valence-electron chi connectivity index (χ0n) is 13.7. The van der Waals surface area contributed by atoms with Gasteiger partial charge >= 0.3 is 6.03 Å². The lowest BCUT2D eigenvalue weighted by molar-refractivity contribution is 0.244. The monoisotopic (exact) mass is 325 g/mol. The Bertz CT molecular complexity index is 638. The Morgan fingerprint density at radius 3 is 2.38 bits per heavy atom. The lowest BCUT2D eigenvalue weighted by Gasteiger charge is -2.22. The molecule has 3 rings (SSSR count). The van der Waals surface area contributed by atoms with E-state index >= 15 is 0 Å². The molecule has 0 bridgehead atoms. The van der Waals surface area contributed by atoms with Crippen LogP contribution in [0.5, 0.6) is 0 Å². The van der Waals surface area contributed by atoms with E-state index in [0.717, 1.165) is 12.8 Å². The van der Waals surface area contributed by atoms with Crippen molar-refractivity contribution in [2.45, 2.75) is 44.7 Å². The van der Waals surface area contributed by atoms with E-state index in [1.807, 2.05) is 36.4 Å². The van der Waals surface area contributed by atoms with Gasteiger partial charge in [-0.15, -0.1) is 10.2 Å². The molecule has 126 valence electrons. The Morgan fingerprint density at radius 2 is 1.67 bits per heavy atom. The van der Waals surface area contributed by atoms with E-state index in [2.05, 4.69) is 26.1 Å². The maximum atomic E-state index is 12.0. The van der Waals surface area contributed by atoms with Crippen molar-refractivity contribution in [1.29, 1.82) is 0 Å². The molecule has 24 heavy (non-hydrogen) atoms.